The Kier molecular flexibility index (Phi) is 4.09. The molecule has 3 nitrogen and oxygen atoms in total. The Morgan fingerprint density at radius 3 is 2.29 bits per heavy atom. The molecular formula is C18H22N2O. The van der Waals surface area contributed by atoms with Crippen LogP contribution in [0.1, 0.15) is 44.1 Å². The number of fused-ring (bicyclic) bond motifs is 1. The van der Waals surface area contributed by atoms with E-state index >= 15 is 0 Å². The molecule has 1 aliphatic carbocycles. The van der Waals surface area contributed by atoms with Crippen LogP contribution in [-0.2, 0) is 0 Å². The topological polar surface area (TPSA) is 59.1 Å². The van der Waals surface area contributed by atoms with Gasteiger partial charge in [-0.2, -0.15) is 0 Å². The van der Waals surface area contributed by atoms with Crippen molar-refractivity contribution in [2.75, 3.05) is 0 Å². The molecule has 1 saturated carbocycles. The van der Waals surface area contributed by atoms with Crippen LogP contribution in [0.3, 0.4) is 0 Å². The Hall–Kier alpha value is -2.03. The predicted molar refractivity (Wildman–Crippen MR) is 87.1 cm³/mol. The Balaban J connectivity index is 1.95. The molecule has 2 aromatic rings. The molecule has 0 spiro atoms. The third kappa shape index (κ3) is 3.02. The van der Waals surface area contributed by atoms with Crippen molar-refractivity contribution in [3.8, 4) is 5.75 Å². The first kappa shape index (κ1) is 13.9. The third-order valence-electron chi connectivity index (χ3n) is 4.27. The van der Waals surface area contributed by atoms with Gasteiger partial charge in [-0.05, 0) is 43.2 Å². The molecule has 2 aromatic carbocycles. The molecule has 3 rings (SSSR count). The summed E-state index contributed by atoms with van der Waals surface area (Å²) in [6.07, 6.45) is 7.76. The normalized spacial score (nSPS) is 16.6. The maximum atomic E-state index is 7.71. The number of nitrogen functional groups attached to an aromatic ring is 1. The number of hydrogen-bond donors (Lipinski definition) is 2. The van der Waals surface area contributed by atoms with Gasteiger partial charge in [-0.1, -0.05) is 37.1 Å². The van der Waals surface area contributed by atoms with Crippen LogP contribution in [-0.4, -0.2) is 11.9 Å². The van der Waals surface area contributed by atoms with Crippen molar-refractivity contribution < 1.29 is 4.74 Å². The Bertz CT molecular complexity index is 643. The quantitative estimate of drug-likeness (QED) is 0.503. The van der Waals surface area contributed by atoms with E-state index in [1.807, 2.05) is 36.4 Å². The standard InChI is InChI=1S/C18H22N2O/c19-18(20)16-11-12-17(15-10-6-5-9-14(15)16)21-13-7-3-1-2-4-8-13/h5-6,9-13H,1-4,7-8H2,(H3,19,20). The molecule has 0 radical (unpaired) electrons. The molecule has 0 bridgehead atoms. The molecule has 0 saturated heterocycles. The highest BCUT2D eigenvalue weighted by Gasteiger charge is 2.16. The van der Waals surface area contributed by atoms with Crippen molar-refractivity contribution >= 4 is 16.6 Å². The van der Waals surface area contributed by atoms with Crippen LogP contribution in [0.2, 0.25) is 0 Å². The summed E-state index contributed by atoms with van der Waals surface area (Å²) >= 11 is 0. The fourth-order valence-electron chi connectivity index (χ4n) is 3.15. The molecule has 0 atom stereocenters. The van der Waals surface area contributed by atoms with E-state index in [4.69, 9.17) is 15.9 Å². The van der Waals surface area contributed by atoms with E-state index in [0.717, 1.165) is 34.9 Å². The average molecular weight is 282 g/mol. The first-order valence-corrected chi connectivity index (χ1v) is 7.78. The van der Waals surface area contributed by atoms with Crippen LogP contribution in [0.4, 0.5) is 0 Å². The van der Waals surface area contributed by atoms with Crippen LogP contribution in [0.25, 0.3) is 10.8 Å². The molecule has 1 aliphatic rings. The van der Waals surface area contributed by atoms with Gasteiger partial charge in [0.05, 0.1) is 6.10 Å². The van der Waals surface area contributed by atoms with Gasteiger partial charge in [0.15, 0.2) is 0 Å². The predicted octanol–water partition coefficient (Wildman–Crippen LogP) is 4.23. The Morgan fingerprint density at radius 1 is 0.952 bits per heavy atom. The fraction of sp³-hybridized carbons (Fsp3) is 0.389. The van der Waals surface area contributed by atoms with Crippen molar-refractivity contribution in [1.29, 1.82) is 5.41 Å². The van der Waals surface area contributed by atoms with Crippen LogP contribution < -0.4 is 10.5 Å². The maximum Gasteiger partial charge on any atom is 0.127 e. The van der Waals surface area contributed by atoms with Crippen molar-refractivity contribution in [2.24, 2.45) is 5.73 Å². The molecule has 0 amide bonds. The number of nitrogens with two attached hydrogens (primary N) is 1. The van der Waals surface area contributed by atoms with E-state index in [-0.39, 0.29) is 5.84 Å². The largest absolute Gasteiger partial charge is 0.490 e. The monoisotopic (exact) mass is 282 g/mol. The smallest absolute Gasteiger partial charge is 0.127 e. The third-order valence-corrected chi connectivity index (χ3v) is 4.27. The second kappa shape index (κ2) is 6.17. The van der Waals surface area contributed by atoms with E-state index in [1.165, 1.54) is 25.7 Å². The van der Waals surface area contributed by atoms with Gasteiger partial charge >= 0.3 is 0 Å². The zero-order chi connectivity index (χ0) is 14.7. The molecule has 110 valence electrons. The van der Waals surface area contributed by atoms with E-state index in [9.17, 15) is 0 Å². The summed E-state index contributed by atoms with van der Waals surface area (Å²) in [5.74, 6) is 1.02. The maximum absolute atomic E-state index is 7.71. The minimum Gasteiger partial charge on any atom is -0.490 e. The summed E-state index contributed by atoms with van der Waals surface area (Å²) in [6.45, 7) is 0. The molecule has 0 heterocycles. The molecule has 3 N–H and O–H groups in total. The lowest BCUT2D eigenvalue weighted by Crippen LogP contribution is -2.16. The van der Waals surface area contributed by atoms with E-state index in [1.54, 1.807) is 0 Å². The van der Waals surface area contributed by atoms with Crippen molar-refractivity contribution in [3.63, 3.8) is 0 Å². The summed E-state index contributed by atoms with van der Waals surface area (Å²) in [4.78, 5) is 0. The summed E-state index contributed by atoms with van der Waals surface area (Å²) in [5, 5.41) is 9.75. The summed E-state index contributed by atoms with van der Waals surface area (Å²) in [7, 11) is 0. The van der Waals surface area contributed by atoms with E-state index < -0.39 is 0 Å². The van der Waals surface area contributed by atoms with Gasteiger partial charge in [-0.15, -0.1) is 0 Å². The first-order valence-electron chi connectivity index (χ1n) is 7.78. The highest BCUT2D eigenvalue weighted by molar-refractivity contribution is 6.09. The van der Waals surface area contributed by atoms with Gasteiger partial charge in [0.2, 0.25) is 0 Å². The van der Waals surface area contributed by atoms with Crippen molar-refractivity contribution in [3.05, 3.63) is 42.0 Å². The summed E-state index contributed by atoms with van der Waals surface area (Å²) < 4.78 is 6.27. The van der Waals surface area contributed by atoms with Crippen molar-refractivity contribution in [1.82, 2.24) is 0 Å². The highest BCUT2D eigenvalue weighted by atomic mass is 16.5. The molecule has 0 unspecified atom stereocenters. The molecule has 0 aliphatic heterocycles. The second-order valence-electron chi connectivity index (χ2n) is 5.80. The minimum atomic E-state index is 0.104. The van der Waals surface area contributed by atoms with Crippen LogP contribution >= 0.6 is 0 Å². The minimum absolute atomic E-state index is 0.104. The van der Waals surface area contributed by atoms with Gasteiger partial charge in [-0.3, -0.25) is 5.41 Å². The molecule has 21 heavy (non-hydrogen) atoms. The number of ether oxygens (including phenoxy) is 1. The zero-order valence-corrected chi connectivity index (χ0v) is 12.3. The highest BCUT2D eigenvalue weighted by Crippen LogP contribution is 2.31. The average Bonchev–Trinajstić information content (AvgIpc) is 2.76. The number of benzene rings is 2. The van der Waals surface area contributed by atoms with E-state index in [2.05, 4.69) is 0 Å². The molecule has 0 aromatic heterocycles. The lowest BCUT2D eigenvalue weighted by Gasteiger charge is -2.19. The second-order valence-corrected chi connectivity index (χ2v) is 5.80. The van der Waals surface area contributed by atoms with Crippen LogP contribution in [0, 0.1) is 5.41 Å². The Labute approximate surface area is 125 Å². The van der Waals surface area contributed by atoms with Gasteiger partial charge < -0.3 is 10.5 Å². The molecular weight excluding hydrogens is 260 g/mol. The Morgan fingerprint density at radius 2 is 1.62 bits per heavy atom. The van der Waals surface area contributed by atoms with Crippen LogP contribution in [0.15, 0.2) is 36.4 Å². The zero-order valence-electron chi connectivity index (χ0n) is 12.3. The molecule has 3 heteroatoms. The van der Waals surface area contributed by atoms with Gasteiger partial charge in [0.25, 0.3) is 0 Å². The van der Waals surface area contributed by atoms with Gasteiger partial charge in [0.1, 0.15) is 11.6 Å². The number of amidine groups is 1. The lowest BCUT2D eigenvalue weighted by molar-refractivity contribution is 0.186. The summed E-state index contributed by atoms with van der Waals surface area (Å²) in [6, 6.07) is 11.9. The van der Waals surface area contributed by atoms with Crippen molar-refractivity contribution in [2.45, 2.75) is 44.6 Å². The SMILES string of the molecule is N=C(N)c1ccc(OC2CCCCCC2)c2ccccc12. The summed E-state index contributed by atoms with van der Waals surface area (Å²) in [5.41, 5.74) is 6.45. The lowest BCUT2D eigenvalue weighted by atomic mass is 10.0. The number of rotatable bonds is 3. The number of hydrogen-bond acceptors (Lipinski definition) is 2. The molecule has 1 fully saturated rings. The first-order chi connectivity index (χ1) is 10.3. The fourth-order valence-corrected chi connectivity index (χ4v) is 3.15. The van der Waals surface area contributed by atoms with Gasteiger partial charge in [0, 0.05) is 10.9 Å². The van der Waals surface area contributed by atoms with E-state index in [0.29, 0.717) is 6.10 Å². The van der Waals surface area contributed by atoms with Gasteiger partial charge in [-0.25, -0.2) is 0 Å². The number of nitrogens with one attached hydrogen (secondary N) is 1. The van der Waals surface area contributed by atoms with Crippen LogP contribution in [0.5, 0.6) is 5.75 Å².